The van der Waals surface area contributed by atoms with E-state index in [1.807, 2.05) is 51.1 Å². The van der Waals surface area contributed by atoms with Gasteiger partial charge in [-0.1, -0.05) is 48.0 Å². The lowest BCUT2D eigenvalue weighted by Crippen LogP contribution is -2.32. The summed E-state index contributed by atoms with van der Waals surface area (Å²) in [5, 5.41) is 2.85. The first-order valence-electron chi connectivity index (χ1n) is 10.7. The van der Waals surface area contributed by atoms with E-state index in [1.165, 1.54) is 17.9 Å². The Balaban J connectivity index is 1.75. The number of ether oxygens (including phenoxy) is 1. The molecule has 3 aromatic carbocycles. The molecule has 3 aromatic rings. The fourth-order valence-electron chi connectivity index (χ4n) is 3.68. The van der Waals surface area contributed by atoms with Crippen molar-refractivity contribution in [2.24, 2.45) is 0 Å². The molecule has 0 aliphatic rings. The molecule has 33 heavy (non-hydrogen) atoms. The van der Waals surface area contributed by atoms with Gasteiger partial charge in [0.1, 0.15) is 0 Å². The molecule has 0 aromatic heterocycles. The third-order valence-electron chi connectivity index (χ3n) is 5.40. The molecule has 3 rings (SSSR count). The van der Waals surface area contributed by atoms with Gasteiger partial charge in [-0.3, -0.25) is 9.59 Å². The molecule has 0 radical (unpaired) electrons. The predicted molar refractivity (Wildman–Crippen MR) is 130 cm³/mol. The highest BCUT2D eigenvalue weighted by Gasteiger charge is 2.25. The molecule has 2 amide bonds. The van der Waals surface area contributed by atoms with E-state index in [0.29, 0.717) is 11.4 Å². The largest absolute Gasteiger partial charge is 0.449 e. The monoisotopic (exact) mass is 444 g/mol. The molecule has 6 nitrogen and oxygen atoms in total. The molecule has 0 aliphatic carbocycles. The Kier molecular flexibility index (Phi) is 7.28. The maximum atomic E-state index is 13.1. The van der Waals surface area contributed by atoms with Gasteiger partial charge in [0.25, 0.3) is 11.8 Å². The minimum atomic E-state index is -1.05. The lowest BCUT2D eigenvalue weighted by Gasteiger charge is -2.20. The number of carbonyl (C=O) groups excluding carboxylic acids is 3. The van der Waals surface area contributed by atoms with Crippen LogP contribution in [-0.4, -0.2) is 30.9 Å². The first-order valence-corrected chi connectivity index (χ1v) is 10.7. The van der Waals surface area contributed by atoms with Crippen molar-refractivity contribution < 1.29 is 19.1 Å². The smallest absolute Gasteiger partial charge is 0.339 e. The van der Waals surface area contributed by atoms with E-state index in [-0.39, 0.29) is 17.0 Å². The summed E-state index contributed by atoms with van der Waals surface area (Å²) in [5.41, 5.74) is 4.66. The second kappa shape index (κ2) is 10.1. The maximum absolute atomic E-state index is 13.1. The predicted octanol–water partition coefficient (Wildman–Crippen LogP) is 5.07. The fourth-order valence-corrected chi connectivity index (χ4v) is 3.68. The number of rotatable bonds is 6. The Hall–Kier alpha value is -3.93. The highest BCUT2D eigenvalue weighted by molar-refractivity contribution is 6.12. The molecule has 6 heteroatoms. The third-order valence-corrected chi connectivity index (χ3v) is 5.40. The van der Waals surface area contributed by atoms with Crippen LogP contribution in [0.2, 0.25) is 0 Å². The topological polar surface area (TPSA) is 75.7 Å². The second-order valence-electron chi connectivity index (χ2n) is 8.06. The molecule has 0 saturated carbocycles. The summed E-state index contributed by atoms with van der Waals surface area (Å²) in [7, 11) is 1.64. The average molecular weight is 445 g/mol. The quantitative estimate of drug-likeness (QED) is 0.539. The lowest BCUT2D eigenvalue weighted by atomic mass is 10.0. The first kappa shape index (κ1) is 23.7. The maximum Gasteiger partial charge on any atom is 0.339 e. The highest BCUT2D eigenvalue weighted by atomic mass is 16.5. The number of para-hydroxylation sites is 1. The fraction of sp³-hybridized carbons (Fsp3) is 0.222. The molecular formula is C27H28N2O4. The van der Waals surface area contributed by atoms with Crippen LogP contribution in [0.25, 0.3) is 0 Å². The van der Waals surface area contributed by atoms with Gasteiger partial charge < -0.3 is 15.0 Å². The van der Waals surface area contributed by atoms with E-state index >= 15 is 0 Å². The van der Waals surface area contributed by atoms with Gasteiger partial charge in [-0.15, -0.1) is 0 Å². The summed E-state index contributed by atoms with van der Waals surface area (Å²) in [6.07, 6.45) is -1.05. The van der Waals surface area contributed by atoms with E-state index in [9.17, 15) is 14.4 Å². The molecule has 1 N–H and O–H groups in total. The van der Waals surface area contributed by atoms with E-state index in [1.54, 1.807) is 37.4 Å². The molecule has 0 bridgehead atoms. The number of hydrogen-bond donors (Lipinski definition) is 1. The second-order valence-corrected chi connectivity index (χ2v) is 8.06. The standard InChI is InChI=1S/C27H28N2O4/c1-17-15-18(2)24(19(3)16-17)28-25(30)20(4)33-27(32)23-14-10-9-13-22(23)26(31)29(5)21-11-7-6-8-12-21/h6-16,20H,1-5H3,(H,28,30). The summed E-state index contributed by atoms with van der Waals surface area (Å²) in [6, 6.07) is 19.5. The Morgan fingerprint density at radius 3 is 2.00 bits per heavy atom. The normalized spacial score (nSPS) is 11.4. The molecule has 0 heterocycles. The van der Waals surface area contributed by atoms with Crippen LogP contribution < -0.4 is 10.2 Å². The zero-order valence-corrected chi connectivity index (χ0v) is 19.5. The molecule has 1 unspecified atom stereocenters. The zero-order valence-electron chi connectivity index (χ0n) is 19.5. The number of aryl methyl sites for hydroxylation is 3. The van der Waals surface area contributed by atoms with Crippen molar-refractivity contribution in [3.8, 4) is 0 Å². The van der Waals surface area contributed by atoms with E-state index in [2.05, 4.69) is 5.32 Å². The van der Waals surface area contributed by atoms with E-state index < -0.39 is 18.0 Å². The van der Waals surface area contributed by atoms with Crippen molar-refractivity contribution >= 4 is 29.2 Å². The van der Waals surface area contributed by atoms with Crippen molar-refractivity contribution in [2.75, 3.05) is 17.3 Å². The van der Waals surface area contributed by atoms with E-state index in [4.69, 9.17) is 4.74 Å². The van der Waals surface area contributed by atoms with Gasteiger partial charge in [-0.25, -0.2) is 4.79 Å². The molecule has 1 atom stereocenters. The summed E-state index contributed by atoms with van der Waals surface area (Å²) < 4.78 is 5.43. The van der Waals surface area contributed by atoms with Crippen LogP contribution in [0.15, 0.2) is 66.7 Å². The average Bonchev–Trinajstić information content (AvgIpc) is 2.80. The van der Waals surface area contributed by atoms with Gasteiger partial charge in [0.2, 0.25) is 0 Å². The van der Waals surface area contributed by atoms with Crippen molar-refractivity contribution in [2.45, 2.75) is 33.8 Å². The Labute approximate surface area is 194 Å². The van der Waals surface area contributed by atoms with Gasteiger partial charge in [0.05, 0.1) is 11.1 Å². The number of anilines is 2. The highest BCUT2D eigenvalue weighted by Crippen LogP contribution is 2.23. The van der Waals surface area contributed by atoms with Crippen molar-refractivity contribution in [1.82, 2.24) is 0 Å². The molecule has 0 aliphatic heterocycles. The van der Waals surface area contributed by atoms with E-state index in [0.717, 1.165) is 16.7 Å². The van der Waals surface area contributed by atoms with Crippen molar-refractivity contribution in [1.29, 1.82) is 0 Å². The summed E-state index contributed by atoms with van der Waals surface area (Å²) >= 11 is 0. The van der Waals surface area contributed by atoms with Crippen molar-refractivity contribution in [3.05, 3.63) is 94.5 Å². The number of benzene rings is 3. The van der Waals surface area contributed by atoms with Crippen LogP contribution in [0.3, 0.4) is 0 Å². The van der Waals surface area contributed by atoms with Crippen molar-refractivity contribution in [3.63, 3.8) is 0 Å². The first-order chi connectivity index (χ1) is 15.7. The minimum Gasteiger partial charge on any atom is -0.449 e. The number of nitrogens with one attached hydrogen (secondary N) is 1. The van der Waals surface area contributed by atoms with Gasteiger partial charge in [0.15, 0.2) is 6.10 Å². The SMILES string of the molecule is Cc1cc(C)c(NC(=O)C(C)OC(=O)c2ccccc2C(=O)N(C)c2ccccc2)c(C)c1. The third kappa shape index (κ3) is 5.47. The van der Waals surface area contributed by atoms with Crippen LogP contribution in [-0.2, 0) is 9.53 Å². The Morgan fingerprint density at radius 1 is 0.848 bits per heavy atom. The molecule has 170 valence electrons. The zero-order chi connectivity index (χ0) is 24.1. The van der Waals surface area contributed by atoms with Gasteiger partial charge >= 0.3 is 5.97 Å². The van der Waals surface area contributed by atoms with Gasteiger partial charge in [-0.2, -0.15) is 0 Å². The van der Waals surface area contributed by atoms with Gasteiger partial charge in [-0.05, 0) is 63.1 Å². The van der Waals surface area contributed by atoms with Crippen LogP contribution >= 0.6 is 0 Å². The number of esters is 1. The Morgan fingerprint density at radius 2 is 1.39 bits per heavy atom. The van der Waals surface area contributed by atoms with Gasteiger partial charge in [0, 0.05) is 18.4 Å². The Bertz CT molecular complexity index is 1160. The molecular weight excluding hydrogens is 416 g/mol. The lowest BCUT2D eigenvalue weighted by molar-refractivity contribution is -0.123. The van der Waals surface area contributed by atoms with Crippen LogP contribution in [0.1, 0.15) is 44.3 Å². The number of carbonyl (C=O) groups is 3. The van der Waals surface area contributed by atoms with Crippen LogP contribution in [0.4, 0.5) is 11.4 Å². The van der Waals surface area contributed by atoms with Crippen LogP contribution in [0.5, 0.6) is 0 Å². The molecule has 0 fully saturated rings. The molecule has 0 saturated heterocycles. The van der Waals surface area contributed by atoms with Crippen LogP contribution in [0, 0.1) is 20.8 Å². The minimum absolute atomic E-state index is 0.104. The number of hydrogen-bond acceptors (Lipinski definition) is 4. The summed E-state index contributed by atoms with van der Waals surface area (Å²) in [6.45, 7) is 7.32. The number of amides is 2. The molecule has 0 spiro atoms. The summed E-state index contributed by atoms with van der Waals surface area (Å²) in [5.74, 6) is -1.53. The number of nitrogens with zero attached hydrogens (tertiary/aromatic N) is 1. The summed E-state index contributed by atoms with van der Waals surface area (Å²) in [4.78, 5) is 40.2.